The molecule has 5 heteroatoms. The van der Waals surface area contributed by atoms with Gasteiger partial charge in [-0.05, 0) is 12.0 Å². The van der Waals surface area contributed by atoms with Crippen molar-refractivity contribution in [2.45, 2.75) is 20.3 Å². The molecule has 5 nitrogen and oxygen atoms in total. The average molecular weight is 218 g/mol. The molecule has 0 bridgehead atoms. The SMILES string of the molecule is CC(C)CC(=O)Nc1cnc2nc[nH]c2c1. The molecule has 1 amide bonds. The molecule has 0 saturated heterocycles. The Kier molecular flexibility index (Phi) is 2.85. The summed E-state index contributed by atoms with van der Waals surface area (Å²) in [7, 11) is 0. The molecule has 2 rings (SSSR count). The Balaban J connectivity index is 2.11. The number of carbonyl (C=O) groups excluding carboxylic acids is 1. The molecule has 0 aliphatic carbocycles. The number of hydrogen-bond acceptors (Lipinski definition) is 3. The minimum absolute atomic E-state index is 0.00988. The first-order valence-corrected chi connectivity index (χ1v) is 5.24. The number of aromatic amines is 1. The monoisotopic (exact) mass is 218 g/mol. The number of anilines is 1. The lowest BCUT2D eigenvalue weighted by atomic mass is 10.1. The van der Waals surface area contributed by atoms with Crippen molar-refractivity contribution in [2.75, 3.05) is 5.32 Å². The molecular formula is C11H14N4O. The highest BCUT2D eigenvalue weighted by Gasteiger charge is 2.06. The third-order valence-corrected chi connectivity index (χ3v) is 2.15. The van der Waals surface area contributed by atoms with Crippen molar-refractivity contribution in [2.24, 2.45) is 5.92 Å². The van der Waals surface area contributed by atoms with Crippen LogP contribution in [0, 0.1) is 5.92 Å². The van der Waals surface area contributed by atoms with Gasteiger partial charge in [0, 0.05) is 6.42 Å². The molecule has 0 fully saturated rings. The van der Waals surface area contributed by atoms with Crippen molar-refractivity contribution in [1.29, 1.82) is 0 Å². The van der Waals surface area contributed by atoms with Gasteiger partial charge in [-0.3, -0.25) is 4.79 Å². The first kappa shape index (κ1) is 10.6. The molecule has 0 unspecified atom stereocenters. The van der Waals surface area contributed by atoms with E-state index in [9.17, 15) is 4.79 Å². The Hall–Kier alpha value is -1.91. The van der Waals surface area contributed by atoms with Crippen LogP contribution < -0.4 is 5.32 Å². The Morgan fingerprint density at radius 1 is 1.50 bits per heavy atom. The van der Waals surface area contributed by atoms with Gasteiger partial charge in [-0.25, -0.2) is 9.97 Å². The minimum Gasteiger partial charge on any atom is -0.343 e. The van der Waals surface area contributed by atoms with E-state index < -0.39 is 0 Å². The number of amides is 1. The largest absolute Gasteiger partial charge is 0.343 e. The van der Waals surface area contributed by atoms with Gasteiger partial charge < -0.3 is 10.3 Å². The Morgan fingerprint density at radius 3 is 3.06 bits per heavy atom. The van der Waals surface area contributed by atoms with Crippen molar-refractivity contribution >= 4 is 22.8 Å². The molecule has 84 valence electrons. The van der Waals surface area contributed by atoms with E-state index in [2.05, 4.69) is 20.3 Å². The van der Waals surface area contributed by atoms with E-state index in [4.69, 9.17) is 0 Å². The number of imidazole rings is 1. The minimum atomic E-state index is 0.00988. The van der Waals surface area contributed by atoms with E-state index in [1.807, 2.05) is 19.9 Å². The van der Waals surface area contributed by atoms with Gasteiger partial charge in [-0.15, -0.1) is 0 Å². The zero-order valence-corrected chi connectivity index (χ0v) is 9.32. The van der Waals surface area contributed by atoms with E-state index in [-0.39, 0.29) is 5.91 Å². The van der Waals surface area contributed by atoms with Gasteiger partial charge in [-0.1, -0.05) is 13.8 Å². The van der Waals surface area contributed by atoms with E-state index in [1.165, 1.54) is 0 Å². The normalized spacial score (nSPS) is 10.9. The standard InChI is InChI=1S/C11H14N4O/c1-7(2)3-10(16)15-8-4-9-11(12-5-8)14-6-13-9/h4-7H,3H2,1-2H3,(H,15,16)(H,12,13,14). The molecular weight excluding hydrogens is 204 g/mol. The average Bonchev–Trinajstić information content (AvgIpc) is 2.63. The van der Waals surface area contributed by atoms with Gasteiger partial charge in [0.2, 0.25) is 5.91 Å². The van der Waals surface area contributed by atoms with Crippen LogP contribution in [-0.2, 0) is 4.79 Å². The number of nitrogens with zero attached hydrogens (tertiary/aromatic N) is 2. The van der Waals surface area contributed by atoms with Crippen LogP contribution in [-0.4, -0.2) is 20.9 Å². The summed E-state index contributed by atoms with van der Waals surface area (Å²) in [6.45, 7) is 4.02. The number of aromatic nitrogens is 3. The lowest BCUT2D eigenvalue weighted by Crippen LogP contribution is -2.13. The number of carbonyl (C=O) groups is 1. The van der Waals surface area contributed by atoms with Crippen molar-refractivity contribution in [3.63, 3.8) is 0 Å². The van der Waals surface area contributed by atoms with Crippen LogP contribution in [0.25, 0.3) is 11.2 Å². The molecule has 0 atom stereocenters. The first-order valence-electron chi connectivity index (χ1n) is 5.24. The summed E-state index contributed by atoms with van der Waals surface area (Å²) < 4.78 is 0. The maximum atomic E-state index is 11.5. The Labute approximate surface area is 93.3 Å². The van der Waals surface area contributed by atoms with Crippen LogP contribution in [0.1, 0.15) is 20.3 Å². The van der Waals surface area contributed by atoms with Gasteiger partial charge in [0.05, 0.1) is 23.7 Å². The van der Waals surface area contributed by atoms with Crippen molar-refractivity contribution in [3.05, 3.63) is 18.6 Å². The number of fused-ring (bicyclic) bond motifs is 1. The summed E-state index contributed by atoms with van der Waals surface area (Å²) in [4.78, 5) is 22.6. The highest BCUT2D eigenvalue weighted by atomic mass is 16.1. The van der Waals surface area contributed by atoms with Crippen molar-refractivity contribution in [1.82, 2.24) is 15.0 Å². The summed E-state index contributed by atoms with van der Waals surface area (Å²) in [6, 6.07) is 1.83. The zero-order chi connectivity index (χ0) is 11.5. The fourth-order valence-electron chi connectivity index (χ4n) is 1.48. The molecule has 2 heterocycles. The highest BCUT2D eigenvalue weighted by molar-refractivity contribution is 5.92. The second-order valence-electron chi connectivity index (χ2n) is 4.14. The summed E-state index contributed by atoms with van der Waals surface area (Å²) in [5.74, 6) is 0.361. The van der Waals surface area contributed by atoms with E-state index in [0.717, 1.165) is 5.52 Å². The van der Waals surface area contributed by atoms with Crippen LogP contribution in [0.4, 0.5) is 5.69 Å². The Morgan fingerprint density at radius 2 is 2.31 bits per heavy atom. The number of pyridine rings is 1. The van der Waals surface area contributed by atoms with Gasteiger partial charge in [0.15, 0.2) is 5.65 Å². The third-order valence-electron chi connectivity index (χ3n) is 2.15. The van der Waals surface area contributed by atoms with Crippen molar-refractivity contribution in [3.8, 4) is 0 Å². The third kappa shape index (κ3) is 2.36. The molecule has 0 radical (unpaired) electrons. The van der Waals surface area contributed by atoms with E-state index >= 15 is 0 Å². The predicted octanol–water partition coefficient (Wildman–Crippen LogP) is 1.94. The highest BCUT2D eigenvalue weighted by Crippen LogP contribution is 2.13. The molecule has 2 aromatic rings. The van der Waals surface area contributed by atoms with Gasteiger partial charge in [0.25, 0.3) is 0 Å². The first-order chi connectivity index (χ1) is 7.65. The van der Waals surface area contributed by atoms with Crippen LogP contribution >= 0.6 is 0 Å². The van der Waals surface area contributed by atoms with Crippen LogP contribution in [0.5, 0.6) is 0 Å². The molecule has 0 aliphatic rings. The lowest BCUT2D eigenvalue weighted by molar-refractivity contribution is -0.116. The second-order valence-corrected chi connectivity index (χ2v) is 4.14. The number of rotatable bonds is 3. The molecule has 16 heavy (non-hydrogen) atoms. The maximum absolute atomic E-state index is 11.5. The lowest BCUT2D eigenvalue weighted by Gasteiger charge is -2.06. The van der Waals surface area contributed by atoms with Gasteiger partial charge >= 0.3 is 0 Å². The number of hydrogen-bond donors (Lipinski definition) is 2. The molecule has 0 spiro atoms. The molecule has 0 aromatic carbocycles. The van der Waals surface area contributed by atoms with E-state index in [0.29, 0.717) is 23.7 Å². The summed E-state index contributed by atoms with van der Waals surface area (Å²) >= 11 is 0. The molecule has 2 aromatic heterocycles. The summed E-state index contributed by atoms with van der Waals surface area (Å²) in [5.41, 5.74) is 2.17. The maximum Gasteiger partial charge on any atom is 0.224 e. The van der Waals surface area contributed by atoms with Crippen LogP contribution in [0.3, 0.4) is 0 Å². The van der Waals surface area contributed by atoms with E-state index in [1.54, 1.807) is 12.5 Å². The fraction of sp³-hybridized carbons (Fsp3) is 0.364. The number of H-pyrrole nitrogens is 1. The van der Waals surface area contributed by atoms with Crippen molar-refractivity contribution < 1.29 is 4.79 Å². The molecule has 0 aliphatic heterocycles. The predicted molar refractivity (Wildman–Crippen MR) is 62.0 cm³/mol. The molecule has 2 N–H and O–H groups in total. The van der Waals surface area contributed by atoms with Crippen LogP contribution in [0.15, 0.2) is 18.6 Å². The second kappa shape index (κ2) is 4.30. The quantitative estimate of drug-likeness (QED) is 0.827. The van der Waals surface area contributed by atoms with Gasteiger partial charge in [-0.2, -0.15) is 0 Å². The van der Waals surface area contributed by atoms with Gasteiger partial charge in [0.1, 0.15) is 0 Å². The molecule has 0 saturated carbocycles. The number of nitrogens with one attached hydrogen (secondary N) is 2. The zero-order valence-electron chi connectivity index (χ0n) is 9.32. The van der Waals surface area contributed by atoms with Crippen LogP contribution in [0.2, 0.25) is 0 Å². The smallest absolute Gasteiger partial charge is 0.224 e. The fourth-order valence-corrected chi connectivity index (χ4v) is 1.48. The topological polar surface area (TPSA) is 70.7 Å². The summed E-state index contributed by atoms with van der Waals surface area (Å²) in [5, 5.41) is 2.81. The Bertz CT molecular complexity index is 503. The summed E-state index contributed by atoms with van der Waals surface area (Å²) in [6.07, 6.45) is 3.71.